The van der Waals surface area contributed by atoms with Crippen LogP contribution in [0.1, 0.15) is 120 Å². The molecule has 0 N–H and O–H groups in total. The van der Waals surface area contributed by atoms with Gasteiger partial charge in [-0.25, -0.2) is 4.98 Å². The summed E-state index contributed by atoms with van der Waals surface area (Å²) in [5.74, 6) is -0.850. The number of ketones is 1. The number of hydrogen-bond donors (Lipinski definition) is 0. The van der Waals surface area contributed by atoms with E-state index in [-0.39, 0.29) is 52.1 Å². The fraction of sp³-hybridized carbons (Fsp3) is 0.690. The van der Waals surface area contributed by atoms with Gasteiger partial charge in [0.15, 0.2) is 16.6 Å². The van der Waals surface area contributed by atoms with Crippen LogP contribution in [0.15, 0.2) is 47.9 Å². The van der Waals surface area contributed by atoms with Gasteiger partial charge in [0, 0.05) is 29.6 Å². The molecule has 0 aliphatic carbocycles. The van der Waals surface area contributed by atoms with Crippen LogP contribution < -0.4 is 0 Å². The first kappa shape index (κ1) is 47.1. The Labute approximate surface area is 318 Å². The van der Waals surface area contributed by atoms with E-state index < -0.39 is 28.2 Å². The molecular formula is C42H73NO5SSi2. The largest absolute Gasteiger partial charge is 0.457 e. The summed E-state index contributed by atoms with van der Waals surface area (Å²) in [7, 11) is -4.06. The Kier molecular flexibility index (Phi) is 17.5. The Balaban J connectivity index is 3.22. The van der Waals surface area contributed by atoms with E-state index in [4.69, 9.17) is 18.6 Å². The maximum atomic E-state index is 14.2. The molecule has 0 unspecified atom stereocenters. The highest BCUT2D eigenvalue weighted by molar-refractivity contribution is 7.09. The molecule has 290 valence electrons. The Hall–Kier alpha value is -1.92. The molecule has 0 saturated heterocycles. The number of allylic oxidation sites excluding steroid dienone is 2. The molecule has 6 nitrogen and oxygen atoms in total. The Morgan fingerprint density at radius 3 is 2.02 bits per heavy atom. The van der Waals surface area contributed by atoms with Gasteiger partial charge in [-0.15, -0.1) is 24.5 Å². The maximum absolute atomic E-state index is 14.2. The average molecular weight is 760 g/mol. The van der Waals surface area contributed by atoms with Crippen LogP contribution in [0.3, 0.4) is 0 Å². The molecule has 1 aromatic heterocycles. The van der Waals surface area contributed by atoms with Crippen LogP contribution in [0.4, 0.5) is 0 Å². The van der Waals surface area contributed by atoms with E-state index in [0.29, 0.717) is 13.0 Å². The number of rotatable bonds is 20. The Morgan fingerprint density at radius 1 is 0.941 bits per heavy atom. The lowest BCUT2D eigenvalue weighted by molar-refractivity contribution is -0.150. The zero-order valence-electron chi connectivity index (χ0n) is 35.4. The number of nitrogens with zero attached hydrogens (tertiary/aromatic N) is 1. The summed E-state index contributed by atoms with van der Waals surface area (Å²) in [5.41, 5.74) is 2.12. The van der Waals surface area contributed by atoms with Gasteiger partial charge in [-0.2, -0.15) is 0 Å². The zero-order valence-corrected chi connectivity index (χ0v) is 38.2. The van der Waals surface area contributed by atoms with Gasteiger partial charge in [0.05, 0.1) is 18.4 Å². The average Bonchev–Trinajstić information content (AvgIpc) is 3.45. The van der Waals surface area contributed by atoms with Crippen LogP contribution in [0, 0.1) is 23.2 Å². The first-order valence-electron chi connectivity index (χ1n) is 18.7. The van der Waals surface area contributed by atoms with Crippen LogP contribution >= 0.6 is 11.3 Å². The summed E-state index contributed by atoms with van der Waals surface area (Å²) in [5, 5.41) is 3.09. The molecule has 0 amide bonds. The molecule has 1 aromatic rings. The van der Waals surface area contributed by atoms with E-state index in [2.05, 4.69) is 101 Å². The van der Waals surface area contributed by atoms with Crippen molar-refractivity contribution in [2.24, 2.45) is 23.2 Å². The third-order valence-corrected chi connectivity index (χ3v) is 21.4. The second-order valence-corrected chi connectivity index (χ2v) is 28.8. The molecule has 5 atom stereocenters. The zero-order chi connectivity index (χ0) is 39.8. The molecule has 0 spiro atoms. The third kappa shape index (κ3) is 13.8. The highest BCUT2D eigenvalue weighted by Crippen LogP contribution is 2.42. The number of hydrogen-bond acceptors (Lipinski definition) is 7. The molecule has 0 radical (unpaired) electrons. The van der Waals surface area contributed by atoms with Gasteiger partial charge in [-0.05, 0) is 80.0 Å². The first-order chi connectivity index (χ1) is 23.1. The summed E-state index contributed by atoms with van der Waals surface area (Å²) in [6.07, 6.45) is 8.54. The predicted octanol–water partition coefficient (Wildman–Crippen LogP) is 12.4. The Morgan fingerprint density at radius 2 is 1.51 bits per heavy atom. The van der Waals surface area contributed by atoms with E-state index >= 15 is 0 Å². The van der Waals surface area contributed by atoms with E-state index in [1.165, 1.54) is 0 Å². The fourth-order valence-electron chi connectivity index (χ4n) is 5.20. The second kappa shape index (κ2) is 18.9. The summed E-state index contributed by atoms with van der Waals surface area (Å²) >= 11 is 1.58. The lowest BCUT2D eigenvalue weighted by atomic mass is 9.69. The molecule has 1 heterocycles. The number of ether oxygens (including phenoxy) is 1. The normalized spacial score (nSPS) is 17.0. The molecule has 0 aliphatic heterocycles. The smallest absolute Gasteiger partial charge is 0.306 e. The van der Waals surface area contributed by atoms with Crippen molar-refractivity contribution in [3.8, 4) is 0 Å². The first-order valence-corrected chi connectivity index (χ1v) is 25.4. The van der Waals surface area contributed by atoms with Crippen LogP contribution in [-0.4, -0.2) is 45.6 Å². The molecule has 0 fully saturated rings. The van der Waals surface area contributed by atoms with E-state index in [9.17, 15) is 9.59 Å². The highest BCUT2D eigenvalue weighted by Gasteiger charge is 2.46. The van der Waals surface area contributed by atoms with Crippen molar-refractivity contribution >= 4 is 45.8 Å². The minimum absolute atomic E-state index is 0.000717. The van der Waals surface area contributed by atoms with Gasteiger partial charge in [0.2, 0.25) is 0 Å². The van der Waals surface area contributed by atoms with Crippen molar-refractivity contribution in [2.75, 3.05) is 0 Å². The number of carbonyl (C=O) groups is 2. The molecule has 0 aromatic carbocycles. The maximum Gasteiger partial charge on any atom is 0.306 e. The predicted molar refractivity (Wildman–Crippen MR) is 224 cm³/mol. The lowest BCUT2D eigenvalue weighted by Crippen LogP contribution is -2.50. The van der Waals surface area contributed by atoms with Crippen molar-refractivity contribution in [2.45, 2.75) is 164 Å². The van der Waals surface area contributed by atoms with Crippen molar-refractivity contribution in [1.29, 1.82) is 0 Å². The van der Waals surface area contributed by atoms with Crippen LogP contribution in [0.25, 0.3) is 6.08 Å². The minimum atomic E-state index is -2.16. The van der Waals surface area contributed by atoms with Crippen molar-refractivity contribution in [3.63, 3.8) is 0 Å². The van der Waals surface area contributed by atoms with E-state index in [0.717, 1.165) is 28.3 Å². The van der Waals surface area contributed by atoms with Gasteiger partial charge in [0.25, 0.3) is 0 Å². The molecule has 0 saturated carbocycles. The molecule has 1 rings (SSSR count). The van der Waals surface area contributed by atoms with Crippen molar-refractivity contribution in [3.05, 3.63) is 58.6 Å². The highest BCUT2D eigenvalue weighted by atomic mass is 32.1. The van der Waals surface area contributed by atoms with Gasteiger partial charge in [0.1, 0.15) is 16.9 Å². The van der Waals surface area contributed by atoms with Crippen LogP contribution in [-0.2, 0) is 29.8 Å². The van der Waals surface area contributed by atoms with Gasteiger partial charge in [-0.1, -0.05) is 100.0 Å². The van der Waals surface area contributed by atoms with Crippen molar-refractivity contribution < 1.29 is 23.2 Å². The standard InChI is InChI=1S/C42H73NO5SSi2/c1-20-22-29(3)23-24-35(31(5)25-34-28-49-36(43-34)27-46-50(16,17)40(8,9)10)47-37(44)26-32(6)42(14,15)39(45)33(7)38(30(4)21-2)48-51(18,19)41(11,12)13/h20-21,23,25,28,30,32-33,35,38H,1-2,22,24,26-27H2,3-19H3/b29-23-,31-25+/t30-,32-,33+,35-,38-/m0/s1. The molecular weight excluding hydrogens is 687 g/mol. The molecule has 0 bridgehead atoms. The molecule has 51 heavy (non-hydrogen) atoms. The number of carbonyl (C=O) groups excluding carboxylic acids is 2. The van der Waals surface area contributed by atoms with Crippen LogP contribution in [0.5, 0.6) is 0 Å². The van der Waals surface area contributed by atoms with Gasteiger partial charge >= 0.3 is 5.97 Å². The van der Waals surface area contributed by atoms with Gasteiger partial charge in [-0.3, -0.25) is 9.59 Å². The van der Waals surface area contributed by atoms with Crippen molar-refractivity contribution in [1.82, 2.24) is 4.98 Å². The van der Waals surface area contributed by atoms with E-state index in [1.807, 2.05) is 58.2 Å². The third-order valence-electron chi connectivity index (χ3n) is 11.6. The molecule has 9 heteroatoms. The van der Waals surface area contributed by atoms with Crippen LogP contribution in [0.2, 0.25) is 36.3 Å². The summed E-state index contributed by atoms with van der Waals surface area (Å²) in [4.78, 5) is 32.7. The monoisotopic (exact) mass is 759 g/mol. The number of aromatic nitrogens is 1. The molecule has 0 aliphatic rings. The summed E-state index contributed by atoms with van der Waals surface area (Å²) in [6, 6.07) is 0. The summed E-state index contributed by atoms with van der Waals surface area (Å²) in [6.45, 7) is 44.6. The lowest BCUT2D eigenvalue weighted by Gasteiger charge is -2.43. The summed E-state index contributed by atoms with van der Waals surface area (Å²) < 4.78 is 19.4. The second-order valence-electron chi connectivity index (χ2n) is 18.3. The number of Topliss-reactive ketones (excluding diaryl/α,β-unsaturated/α-hetero) is 1. The number of esters is 1. The minimum Gasteiger partial charge on any atom is -0.457 e. The number of thiazole rings is 1. The quantitative estimate of drug-likeness (QED) is 0.0748. The fourth-order valence-corrected chi connectivity index (χ4v) is 8.35. The Bertz CT molecular complexity index is 1390. The van der Waals surface area contributed by atoms with Gasteiger partial charge < -0.3 is 13.6 Å². The SMILES string of the molecule is C=CC/C(C)=C\C[C@H](OC(=O)C[C@H](C)C(C)(C)C(=O)[C@H](C)[C@@H](O[Si](C)(C)C(C)(C)C)[C@@H](C)C=C)/C(C)=C/c1csc(CO[Si](C)(C)C(C)(C)C)n1. The van der Waals surface area contributed by atoms with E-state index in [1.54, 1.807) is 11.3 Å². The topological polar surface area (TPSA) is 74.7 Å².